The Labute approximate surface area is 78.9 Å². The Bertz CT molecular complexity index is 246. The van der Waals surface area contributed by atoms with E-state index in [0.29, 0.717) is 6.04 Å². The zero-order valence-corrected chi connectivity index (χ0v) is 7.90. The first kappa shape index (κ1) is 9.86. The third-order valence-electron chi connectivity index (χ3n) is 1.80. The second-order valence-corrected chi connectivity index (χ2v) is 3.01. The van der Waals surface area contributed by atoms with Crippen molar-refractivity contribution in [3.05, 3.63) is 36.9 Å². The quantitative estimate of drug-likeness (QED) is 0.693. The number of nitrogens with zero attached hydrogens (tertiary/aromatic N) is 2. The van der Waals surface area contributed by atoms with Crippen molar-refractivity contribution in [1.29, 1.82) is 0 Å². The van der Waals surface area contributed by atoms with Crippen molar-refractivity contribution >= 4 is 0 Å². The van der Waals surface area contributed by atoms with Crippen molar-refractivity contribution in [2.75, 3.05) is 0 Å². The zero-order chi connectivity index (χ0) is 9.52. The lowest BCUT2D eigenvalue weighted by Gasteiger charge is -2.10. The van der Waals surface area contributed by atoms with Crippen molar-refractivity contribution in [1.82, 2.24) is 15.3 Å². The van der Waals surface area contributed by atoms with E-state index < -0.39 is 0 Å². The SMILES string of the molecule is C=CCC(C)NCc1ccncn1. The van der Waals surface area contributed by atoms with Gasteiger partial charge in [0.2, 0.25) is 0 Å². The molecule has 0 aliphatic carbocycles. The van der Waals surface area contributed by atoms with Crippen LogP contribution < -0.4 is 5.32 Å². The summed E-state index contributed by atoms with van der Waals surface area (Å²) in [4.78, 5) is 7.97. The molecule has 3 heteroatoms. The first-order chi connectivity index (χ1) is 6.33. The Morgan fingerprint density at radius 3 is 3.15 bits per heavy atom. The van der Waals surface area contributed by atoms with Crippen molar-refractivity contribution in [2.45, 2.75) is 25.9 Å². The third-order valence-corrected chi connectivity index (χ3v) is 1.80. The molecule has 70 valence electrons. The number of hydrogen-bond acceptors (Lipinski definition) is 3. The van der Waals surface area contributed by atoms with Gasteiger partial charge in [-0.3, -0.25) is 0 Å². The normalized spacial score (nSPS) is 12.4. The van der Waals surface area contributed by atoms with Gasteiger partial charge in [0.15, 0.2) is 0 Å². The van der Waals surface area contributed by atoms with Crippen molar-refractivity contribution < 1.29 is 0 Å². The van der Waals surface area contributed by atoms with Gasteiger partial charge in [-0.25, -0.2) is 9.97 Å². The van der Waals surface area contributed by atoms with Crippen LogP contribution in [0.4, 0.5) is 0 Å². The predicted molar refractivity (Wildman–Crippen MR) is 53.1 cm³/mol. The molecule has 1 aromatic heterocycles. The molecule has 1 atom stereocenters. The smallest absolute Gasteiger partial charge is 0.115 e. The van der Waals surface area contributed by atoms with Crippen LogP contribution in [0.25, 0.3) is 0 Å². The first-order valence-corrected chi connectivity index (χ1v) is 4.42. The maximum atomic E-state index is 4.11. The lowest BCUT2D eigenvalue weighted by Crippen LogP contribution is -2.25. The van der Waals surface area contributed by atoms with Gasteiger partial charge >= 0.3 is 0 Å². The summed E-state index contributed by atoms with van der Waals surface area (Å²) >= 11 is 0. The van der Waals surface area contributed by atoms with Gasteiger partial charge in [0.1, 0.15) is 6.33 Å². The Balaban J connectivity index is 2.30. The molecule has 0 fully saturated rings. The van der Waals surface area contributed by atoms with E-state index in [9.17, 15) is 0 Å². The highest BCUT2D eigenvalue weighted by molar-refractivity contribution is 4.97. The van der Waals surface area contributed by atoms with E-state index in [1.165, 1.54) is 0 Å². The summed E-state index contributed by atoms with van der Waals surface area (Å²) in [6.07, 6.45) is 6.21. The van der Waals surface area contributed by atoms with Crippen LogP contribution in [0, 0.1) is 0 Å². The van der Waals surface area contributed by atoms with E-state index in [1.807, 2.05) is 12.1 Å². The van der Waals surface area contributed by atoms with Crippen molar-refractivity contribution in [3.63, 3.8) is 0 Å². The highest BCUT2D eigenvalue weighted by atomic mass is 14.9. The lowest BCUT2D eigenvalue weighted by molar-refractivity contribution is 0.547. The molecule has 3 nitrogen and oxygen atoms in total. The Kier molecular flexibility index (Phi) is 4.12. The molecule has 0 aliphatic heterocycles. The van der Waals surface area contributed by atoms with Crippen LogP contribution in [0.3, 0.4) is 0 Å². The van der Waals surface area contributed by atoms with Crippen LogP contribution in [0.15, 0.2) is 31.2 Å². The number of rotatable bonds is 5. The van der Waals surface area contributed by atoms with E-state index in [1.54, 1.807) is 12.5 Å². The molecular weight excluding hydrogens is 162 g/mol. The van der Waals surface area contributed by atoms with Crippen LogP contribution in [-0.2, 0) is 6.54 Å². The minimum Gasteiger partial charge on any atom is -0.308 e. The predicted octanol–water partition coefficient (Wildman–Crippen LogP) is 1.53. The molecule has 0 bridgehead atoms. The Hall–Kier alpha value is -1.22. The standard InChI is InChI=1S/C10H15N3/c1-3-4-9(2)12-7-10-5-6-11-8-13-10/h3,5-6,8-9,12H,1,4,7H2,2H3. The molecule has 0 spiro atoms. The summed E-state index contributed by atoms with van der Waals surface area (Å²) in [5.41, 5.74) is 1.02. The fourth-order valence-electron chi connectivity index (χ4n) is 1.03. The Morgan fingerprint density at radius 2 is 2.54 bits per heavy atom. The maximum Gasteiger partial charge on any atom is 0.115 e. The van der Waals surface area contributed by atoms with E-state index in [0.717, 1.165) is 18.7 Å². The van der Waals surface area contributed by atoms with Crippen LogP contribution in [0.2, 0.25) is 0 Å². The van der Waals surface area contributed by atoms with Crippen LogP contribution in [0.1, 0.15) is 19.0 Å². The number of hydrogen-bond donors (Lipinski definition) is 1. The van der Waals surface area contributed by atoms with E-state index in [4.69, 9.17) is 0 Å². The molecule has 1 N–H and O–H groups in total. The monoisotopic (exact) mass is 177 g/mol. The highest BCUT2D eigenvalue weighted by Crippen LogP contribution is 1.94. The van der Waals surface area contributed by atoms with E-state index in [-0.39, 0.29) is 0 Å². The average molecular weight is 177 g/mol. The van der Waals surface area contributed by atoms with Crippen LogP contribution in [0.5, 0.6) is 0 Å². The molecule has 0 amide bonds. The van der Waals surface area contributed by atoms with Gasteiger partial charge in [0, 0.05) is 18.8 Å². The summed E-state index contributed by atoms with van der Waals surface area (Å²) in [5.74, 6) is 0. The minimum atomic E-state index is 0.451. The van der Waals surface area contributed by atoms with E-state index >= 15 is 0 Å². The van der Waals surface area contributed by atoms with Gasteiger partial charge < -0.3 is 5.32 Å². The summed E-state index contributed by atoms with van der Waals surface area (Å²) in [5, 5.41) is 3.34. The topological polar surface area (TPSA) is 37.8 Å². The zero-order valence-electron chi connectivity index (χ0n) is 7.90. The Morgan fingerprint density at radius 1 is 1.69 bits per heavy atom. The van der Waals surface area contributed by atoms with Crippen LogP contribution >= 0.6 is 0 Å². The number of aromatic nitrogens is 2. The molecule has 1 rings (SSSR count). The molecule has 0 radical (unpaired) electrons. The fraction of sp³-hybridized carbons (Fsp3) is 0.400. The van der Waals surface area contributed by atoms with Gasteiger partial charge in [-0.2, -0.15) is 0 Å². The molecule has 0 saturated heterocycles. The van der Waals surface area contributed by atoms with E-state index in [2.05, 4.69) is 28.8 Å². The summed E-state index contributed by atoms with van der Waals surface area (Å²) in [7, 11) is 0. The fourth-order valence-corrected chi connectivity index (χ4v) is 1.03. The molecule has 1 heterocycles. The molecule has 0 aliphatic rings. The number of nitrogens with one attached hydrogen (secondary N) is 1. The first-order valence-electron chi connectivity index (χ1n) is 4.42. The van der Waals surface area contributed by atoms with Gasteiger partial charge in [0.05, 0.1) is 5.69 Å². The molecule has 0 saturated carbocycles. The maximum absolute atomic E-state index is 4.11. The largest absolute Gasteiger partial charge is 0.308 e. The minimum absolute atomic E-state index is 0.451. The summed E-state index contributed by atoms with van der Waals surface area (Å²) in [6.45, 7) is 6.61. The third kappa shape index (κ3) is 3.80. The van der Waals surface area contributed by atoms with Gasteiger partial charge in [-0.1, -0.05) is 6.08 Å². The van der Waals surface area contributed by atoms with Crippen molar-refractivity contribution in [3.8, 4) is 0 Å². The molecule has 1 aromatic rings. The average Bonchev–Trinajstić information content (AvgIpc) is 2.17. The highest BCUT2D eigenvalue weighted by Gasteiger charge is 1.98. The second-order valence-electron chi connectivity index (χ2n) is 3.01. The molecule has 0 aromatic carbocycles. The second kappa shape index (κ2) is 5.43. The van der Waals surface area contributed by atoms with Gasteiger partial charge in [-0.05, 0) is 19.4 Å². The molecule has 13 heavy (non-hydrogen) atoms. The summed E-state index contributed by atoms with van der Waals surface area (Å²) in [6, 6.07) is 2.36. The van der Waals surface area contributed by atoms with Crippen LogP contribution in [-0.4, -0.2) is 16.0 Å². The summed E-state index contributed by atoms with van der Waals surface area (Å²) < 4.78 is 0. The van der Waals surface area contributed by atoms with Gasteiger partial charge in [-0.15, -0.1) is 6.58 Å². The molecule has 1 unspecified atom stereocenters. The lowest BCUT2D eigenvalue weighted by atomic mass is 10.2. The van der Waals surface area contributed by atoms with Gasteiger partial charge in [0.25, 0.3) is 0 Å². The van der Waals surface area contributed by atoms with Crippen molar-refractivity contribution in [2.24, 2.45) is 0 Å². The molecular formula is C10H15N3.